The molecule has 0 aromatic carbocycles. The first-order valence-electron chi connectivity index (χ1n) is 7.05. The van der Waals surface area contributed by atoms with Crippen LogP contribution in [-0.4, -0.2) is 32.9 Å². The second kappa shape index (κ2) is 5.75. The first kappa shape index (κ1) is 15.3. The van der Waals surface area contributed by atoms with E-state index in [1.807, 2.05) is 0 Å². The number of aliphatic carboxylic acids is 1. The van der Waals surface area contributed by atoms with Gasteiger partial charge < -0.3 is 15.7 Å². The number of urea groups is 1. The van der Waals surface area contributed by atoms with Crippen molar-refractivity contribution in [3.05, 3.63) is 18.0 Å². The highest BCUT2D eigenvalue weighted by Gasteiger charge is 2.32. The smallest absolute Gasteiger partial charge is 0.331 e. The second-order valence-electron chi connectivity index (χ2n) is 6.44. The van der Waals surface area contributed by atoms with Crippen LogP contribution in [0.25, 0.3) is 0 Å². The average Bonchev–Trinajstić information content (AvgIpc) is 2.92. The zero-order chi connectivity index (χ0) is 15.6. The molecule has 2 amide bonds. The van der Waals surface area contributed by atoms with Crippen LogP contribution < -0.4 is 10.6 Å². The molecule has 116 valence electrons. The molecule has 0 bridgehead atoms. The van der Waals surface area contributed by atoms with E-state index < -0.39 is 18.0 Å². The van der Waals surface area contributed by atoms with Crippen molar-refractivity contribution < 1.29 is 14.7 Å². The number of carboxylic acids is 1. The van der Waals surface area contributed by atoms with Gasteiger partial charge in [-0.25, -0.2) is 9.59 Å². The van der Waals surface area contributed by atoms with Gasteiger partial charge in [0.15, 0.2) is 6.04 Å². The molecule has 0 aliphatic heterocycles. The van der Waals surface area contributed by atoms with E-state index in [4.69, 9.17) is 0 Å². The lowest BCUT2D eigenvalue weighted by molar-refractivity contribution is -0.139. The van der Waals surface area contributed by atoms with Crippen molar-refractivity contribution in [3.63, 3.8) is 0 Å². The van der Waals surface area contributed by atoms with Crippen LogP contribution >= 0.6 is 0 Å². The molecule has 7 heteroatoms. The molecule has 2 unspecified atom stereocenters. The van der Waals surface area contributed by atoms with E-state index in [1.165, 1.54) is 10.9 Å². The molecule has 7 nitrogen and oxygen atoms in total. The van der Waals surface area contributed by atoms with Crippen LogP contribution in [0, 0.1) is 5.41 Å². The standard InChI is InChI=1S/C14H22N4O3/c1-14(2)5-4-10(6-14)16-13(21)17-11(12(19)20)9-7-15-18(3)8-9/h7-8,10-11H,4-6H2,1-3H3,(H,19,20)(H2,16,17,21). The molecule has 0 saturated heterocycles. The third kappa shape index (κ3) is 3.96. The number of carbonyl (C=O) groups is 2. The van der Waals surface area contributed by atoms with Gasteiger partial charge in [-0.1, -0.05) is 13.8 Å². The highest BCUT2D eigenvalue weighted by molar-refractivity contribution is 5.83. The Kier molecular flexibility index (Phi) is 4.20. The Morgan fingerprint density at radius 1 is 1.52 bits per heavy atom. The molecule has 21 heavy (non-hydrogen) atoms. The molecule has 1 aliphatic carbocycles. The summed E-state index contributed by atoms with van der Waals surface area (Å²) in [7, 11) is 1.70. The number of carboxylic acid groups (broad SMARTS) is 1. The molecule has 1 heterocycles. The number of aromatic nitrogens is 2. The van der Waals surface area contributed by atoms with Gasteiger partial charge in [-0.05, 0) is 24.7 Å². The van der Waals surface area contributed by atoms with Gasteiger partial charge in [0, 0.05) is 24.8 Å². The zero-order valence-corrected chi connectivity index (χ0v) is 12.6. The number of nitrogens with one attached hydrogen (secondary N) is 2. The summed E-state index contributed by atoms with van der Waals surface area (Å²) in [6, 6.07) is -1.44. The van der Waals surface area contributed by atoms with E-state index in [9.17, 15) is 14.7 Å². The van der Waals surface area contributed by atoms with Crippen molar-refractivity contribution in [1.29, 1.82) is 0 Å². The Labute approximate surface area is 123 Å². The summed E-state index contributed by atoms with van der Waals surface area (Å²) in [5, 5.41) is 18.5. The predicted octanol–water partition coefficient (Wildman–Crippen LogP) is 1.42. The molecule has 1 aliphatic rings. The minimum atomic E-state index is -1.11. The molecule has 2 atom stereocenters. The van der Waals surface area contributed by atoms with Gasteiger partial charge in [0.05, 0.1) is 6.20 Å². The highest BCUT2D eigenvalue weighted by Crippen LogP contribution is 2.36. The van der Waals surface area contributed by atoms with Crippen LogP contribution in [0.15, 0.2) is 12.4 Å². The Morgan fingerprint density at radius 2 is 2.24 bits per heavy atom. The van der Waals surface area contributed by atoms with Gasteiger partial charge >= 0.3 is 12.0 Å². The molecule has 1 fully saturated rings. The van der Waals surface area contributed by atoms with Crippen molar-refractivity contribution in [3.8, 4) is 0 Å². The normalized spacial score (nSPS) is 21.8. The summed E-state index contributed by atoms with van der Waals surface area (Å²) < 4.78 is 1.50. The summed E-state index contributed by atoms with van der Waals surface area (Å²) in [4.78, 5) is 23.3. The minimum absolute atomic E-state index is 0.100. The van der Waals surface area contributed by atoms with Crippen LogP contribution in [0.3, 0.4) is 0 Å². The lowest BCUT2D eigenvalue weighted by Crippen LogP contribution is -2.44. The third-order valence-corrected chi connectivity index (χ3v) is 3.88. The lowest BCUT2D eigenvalue weighted by Gasteiger charge is -2.19. The van der Waals surface area contributed by atoms with Crippen LogP contribution in [0.5, 0.6) is 0 Å². The Balaban J connectivity index is 1.95. The Hall–Kier alpha value is -2.05. The van der Waals surface area contributed by atoms with Crippen molar-refractivity contribution in [1.82, 2.24) is 20.4 Å². The van der Waals surface area contributed by atoms with E-state index in [2.05, 4.69) is 29.6 Å². The molecule has 0 radical (unpaired) electrons. The Morgan fingerprint density at radius 3 is 2.71 bits per heavy atom. The van der Waals surface area contributed by atoms with E-state index in [1.54, 1.807) is 13.2 Å². The van der Waals surface area contributed by atoms with E-state index >= 15 is 0 Å². The third-order valence-electron chi connectivity index (χ3n) is 3.88. The number of nitrogens with zero attached hydrogens (tertiary/aromatic N) is 2. The average molecular weight is 294 g/mol. The largest absolute Gasteiger partial charge is 0.479 e. The molecular weight excluding hydrogens is 272 g/mol. The van der Waals surface area contributed by atoms with E-state index in [0.717, 1.165) is 19.3 Å². The first-order chi connectivity index (χ1) is 9.77. The Bertz CT molecular complexity index is 538. The highest BCUT2D eigenvalue weighted by atomic mass is 16.4. The lowest BCUT2D eigenvalue weighted by atomic mass is 9.92. The first-order valence-corrected chi connectivity index (χ1v) is 7.05. The van der Waals surface area contributed by atoms with Gasteiger partial charge in [-0.2, -0.15) is 5.10 Å². The van der Waals surface area contributed by atoms with E-state index in [0.29, 0.717) is 5.56 Å². The van der Waals surface area contributed by atoms with E-state index in [-0.39, 0.29) is 11.5 Å². The topological polar surface area (TPSA) is 96.2 Å². The number of hydrogen-bond acceptors (Lipinski definition) is 3. The van der Waals surface area contributed by atoms with Crippen LogP contribution in [0.1, 0.15) is 44.7 Å². The van der Waals surface area contributed by atoms with Gasteiger partial charge in [0.1, 0.15) is 0 Å². The summed E-state index contributed by atoms with van der Waals surface area (Å²) in [6.45, 7) is 4.34. The molecule has 1 aromatic heterocycles. The molecule has 1 aromatic rings. The summed E-state index contributed by atoms with van der Waals surface area (Å²) >= 11 is 0. The fraction of sp³-hybridized carbons (Fsp3) is 0.643. The minimum Gasteiger partial charge on any atom is -0.479 e. The van der Waals surface area contributed by atoms with Crippen LogP contribution in [0.2, 0.25) is 0 Å². The predicted molar refractivity (Wildman–Crippen MR) is 76.7 cm³/mol. The molecule has 2 rings (SSSR count). The summed E-state index contributed by atoms with van der Waals surface area (Å²) in [5.74, 6) is -1.11. The monoisotopic (exact) mass is 294 g/mol. The fourth-order valence-electron chi connectivity index (χ4n) is 2.79. The molecule has 3 N–H and O–H groups in total. The van der Waals surface area contributed by atoms with Crippen LogP contribution in [-0.2, 0) is 11.8 Å². The SMILES string of the molecule is Cn1cc(C(NC(=O)NC2CCC(C)(C)C2)C(=O)O)cn1. The summed E-state index contributed by atoms with van der Waals surface area (Å²) in [5.41, 5.74) is 0.680. The number of carbonyl (C=O) groups excluding carboxylic acids is 1. The number of aryl methyl sites for hydroxylation is 1. The van der Waals surface area contributed by atoms with Crippen molar-refractivity contribution in [2.75, 3.05) is 0 Å². The maximum Gasteiger partial charge on any atom is 0.331 e. The van der Waals surface area contributed by atoms with Crippen LogP contribution in [0.4, 0.5) is 4.79 Å². The maximum absolute atomic E-state index is 12.0. The number of amides is 2. The fourth-order valence-corrected chi connectivity index (χ4v) is 2.79. The van der Waals surface area contributed by atoms with Gasteiger partial charge in [-0.15, -0.1) is 0 Å². The molecule has 1 saturated carbocycles. The van der Waals surface area contributed by atoms with Gasteiger partial charge in [-0.3, -0.25) is 4.68 Å². The quantitative estimate of drug-likeness (QED) is 0.782. The van der Waals surface area contributed by atoms with Crippen molar-refractivity contribution in [2.45, 2.75) is 45.2 Å². The molecule has 0 spiro atoms. The second-order valence-corrected chi connectivity index (χ2v) is 6.44. The number of rotatable bonds is 4. The summed E-state index contributed by atoms with van der Waals surface area (Å²) in [6.07, 6.45) is 5.91. The van der Waals surface area contributed by atoms with Crippen molar-refractivity contribution >= 4 is 12.0 Å². The molecular formula is C14H22N4O3. The van der Waals surface area contributed by atoms with Gasteiger partial charge in [0.2, 0.25) is 0 Å². The number of hydrogen-bond donors (Lipinski definition) is 3. The zero-order valence-electron chi connectivity index (χ0n) is 12.6. The van der Waals surface area contributed by atoms with Gasteiger partial charge in [0.25, 0.3) is 0 Å². The van der Waals surface area contributed by atoms with Crippen molar-refractivity contribution in [2.24, 2.45) is 12.5 Å². The maximum atomic E-state index is 12.0.